The number of hydrogen-bond donors (Lipinski definition) is 1. The number of aromatic nitrogens is 1. The lowest BCUT2D eigenvalue weighted by Crippen LogP contribution is -1.92. The third-order valence-corrected chi connectivity index (χ3v) is 2.29. The molecule has 76 valence electrons. The molecule has 0 radical (unpaired) electrons. The van der Waals surface area contributed by atoms with Gasteiger partial charge in [0.2, 0.25) is 0 Å². The van der Waals surface area contributed by atoms with E-state index in [1.54, 1.807) is 6.20 Å². The molecule has 1 N–H and O–H groups in total. The van der Waals surface area contributed by atoms with Gasteiger partial charge in [0.25, 0.3) is 0 Å². The number of para-hydroxylation sites is 1. The average molecular weight is 219 g/mol. The molecule has 1 aromatic heterocycles. The highest BCUT2D eigenvalue weighted by atomic mass is 35.5. The predicted octanol–water partition coefficient (Wildman–Crippen LogP) is 3.56. The van der Waals surface area contributed by atoms with Gasteiger partial charge in [0.05, 0.1) is 11.6 Å². The van der Waals surface area contributed by atoms with Gasteiger partial charge in [0, 0.05) is 17.6 Å². The van der Waals surface area contributed by atoms with Gasteiger partial charge in [0.15, 0.2) is 0 Å². The van der Waals surface area contributed by atoms with Gasteiger partial charge in [-0.05, 0) is 24.3 Å². The molecule has 0 aliphatic heterocycles. The van der Waals surface area contributed by atoms with Crippen LogP contribution in [0.1, 0.15) is 5.69 Å². The van der Waals surface area contributed by atoms with E-state index >= 15 is 0 Å². The second-order valence-electron chi connectivity index (χ2n) is 3.16. The standard InChI is InChI=1S/C12H11ClN2/c13-9-12-8-11(6-7-14-12)15-10-4-2-1-3-5-10/h1-8H,9H2,(H,14,15). The van der Waals surface area contributed by atoms with Crippen molar-refractivity contribution in [1.82, 2.24) is 4.98 Å². The van der Waals surface area contributed by atoms with Crippen LogP contribution in [0.5, 0.6) is 0 Å². The summed E-state index contributed by atoms with van der Waals surface area (Å²) in [5.74, 6) is 0.435. The van der Waals surface area contributed by atoms with E-state index < -0.39 is 0 Å². The zero-order valence-electron chi connectivity index (χ0n) is 8.15. The molecule has 0 atom stereocenters. The number of halogens is 1. The SMILES string of the molecule is ClCc1cc(Nc2ccccc2)ccn1. The quantitative estimate of drug-likeness (QED) is 0.797. The molecule has 2 rings (SSSR count). The van der Waals surface area contributed by atoms with Crippen LogP contribution in [0.2, 0.25) is 0 Å². The summed E-state index contributed by atoms with van der Waals surface area (Å²) >= 11 is 5.71. The predicted molar refractivity (Wildman–Crippen MR) is 63.5 cm³/mol. The third kappa shape index (κ3) is 2.70. The van der Waals surface area contributed by atoms with Gasteiger partial charge >= 0.3 is 0 Å². The molecular weight excluding hydrogens is 208 g/mol. The summed E-state index contributed by atoms with van der Waals surface area (Å²) in [6, 6.07) is 13.9. The molecule has 0 aliphatic rings. The Kier molecular flexibility index (Phi) is 3.20. The Hall–Kier alpha value is -1.54. The first-order valence-corrected chi connectivity index (χ1v) is 5.25. The van der Waals surface area contributed by atoms with Crippen molar-refractivity contribution >= 4 is 23.0 Å². The summed E-state index contributed by atoms with van der Waals surface area (Å²) in [7, 11) is 0. The minimum Gasteiger partial charge on any atom is -0.355 e. The molecule has 0 bridgehead atoms. The van der Waals surface area contributed by atoms with Crippen LogP contribution in [-0.2, 0) is 5.88 Å². The number of nitrogens with zero attached hydrogens (tertiary/aromatic N) is 1. The Balaban J connectivity index is 2.17. The number of pyridine rings is 1. The van der Waals surface area contributed by atoms with Crippen LogP contribution < -0.4 is 5.32 Å². The fourth-order valence-electron chi connectivity index (χ4n) is 1.32. The van der Waals surface area contributed by atoms with Crippen LogP contribution in [0.4, 0.5) is 11.4 Å². The van der Waals surface area contributed by atoms with Gasteiger partial charge in [-0.15, -0.1) is 11.6 Å². The van der Waals surface area contributed by atoms with Crippen LogP contribution >= 0.6 is 11.6 Å². The molecule has 0 saturated heterocycles. The number of anilines is 2. The van der Waals surface area contributed by atoms with Crippen molar-refractivity contribution in [3.05, 3.63) is 54.4 Å². The monoisotopic (exact) mass is 218 g/mol. The van der Waals surface area contributed by atoms with Gasteiger partial charge in [-0.3, -0.25) is 4.98 Å². The van der Waals surface area contributed by atoms with Crippen molar-refractivity contribution in [2.75, 3.05) is 5.32 Å². The molecule has 0 spiro atoms. The second kappa shape index (κ2) is 4.80. The van der Waals surface area contributed by atoms with E-state index in [9.17, 15) is 0 Å². The third-order valence-electron chi connectivity index (χ3n) is 2.02. The molecule has 2 nitrogen and oxygen atoms in total. The lowest BCUT2D eigenvalue weighted by molar-refractivity contribution is 1.17. The molecule has 1 aromatic carbocycles. The maximum Gasteiger partial charge on any atom is 0.0648 e. The van der Waals surface area contributed by atoms with Gasteiger partial charge in [-0.2, -0.15) is 0 Å². The topological polar surface area (TPSA) is 24.9 Å². The van der Waals surface area contributed by atoms with Crippen LogP contribution in [0.15, 0.2) is 48.7 Å². The average Bonchev–Trinajstić information content (AvgIpc) is 2.31. The first kappa shape index (κ1) is 9.99. The lowest BCUT2D eigenvalue weighted by atomic mass is 10.3. The molecule has 0 amide bonds. The molecule has 1 heterocycles. The van der Waals surface area contributed by atoms with Crippen LogP contribution in [0.3, 0.4) is 0 Å². The molecule has 0 fully saturated rings. The smallest absolute Gasteiger partial charge is 0.0648 e. The first-order valence-electron chi connectivity index (χ1n) is 4.71. The summed E-state index contributed by atoms with van der Waals surface area (Å²) in [4.78, 5) is 4.13. The van der Waals surface area contributed by atoms with Crippen LogP contribution in [0, 0.1) is 0 Å². The normalized spacial score (nSPS) is 9.93. The number of benzene rings is 1. The fourth-order valence-corrected chi connectivity index (χ4v) is 1.46. The molecule has 0 aliphatic carbocycles. The molecular formula is C12H11ClN2. The van der Waals surface area contributed by atoms with Gasteiger partial charge in [0.1, 0.15) is 0 Å². The lowest BCUT2D eigenvalue weighted by Gasteiger charge is -2.06. The van der Waals surface area contributed by atoms with Gasteiger partial charge in [-0.1, -0.05) is 18.2 Å². The Morgan fingerprint density at radius 1 is 1.07 bits per heavy atom. The largest absolute Gasteiger partial charge is 0.355 e. The summed E-state index contributed by atoms with van der Waals surface area (Å²) in [6.07, 6.45) is 1.75. The van der Waals surface area contributed by atoms with Crippen LogP contribution in [-0.4, -0.2) is 4.98 Å². The van der Waals surface area contributed by atoms with E-state index in [-0.39, 0.29) is 0 Å². The van der Waals surface area contributed by atoms with Crippen molar-refractivity contribution in [3.8, 4) is 0 Å². The summed E-state index contributed by atoms with van der Waals surface area (Å²) in [5, 5.41) is 3.28. The Labute approximate surface area is 93.9 Å². The molecule has 2 aromatic rings. The fraction of sp³-hybridized carbons (Fsp3) is 0.0833. The number of nitrogens with one attached hydrogen (secondary N) is 1. The number of rotatable bonds is 3. The van der Waals surface area contributed by atoms with Crippen molar-refractivity contribution in [3.63, 3.8) is 0 Å². The van der Waals surface area contributed by atoms with Gasteiger partial charge < -0.3 is 5.32 Å². The molecule has 15 heavy (non-hydrogen) atoms. The van der Waals surface area contributed by atoms with Crippen molar-refractivity contribution in [1.29, 1.82) is 0 Å². The molecule has 0 saturated carbocycles. The van der Waals surface area contributed by atoms with E-state index in [1.807, 2.05) is 42.5 Å². The summed E-state index contributed by atoms with van der Waals surface area (Å²) < 4.78 is 0. The van der Waals surface area contributed by atoms with Crippen LogP contribution in [0.25, 0.3) is 0 Å². The zero-order valence-corrected chi connectivity index (χ0v) is 8.91. The van der Waals surface area contributed by atoms with Crippen molar-refractivity contribution in [2.45, 2.75) is 5.88 Å². The van der Waals surface area contributed by atoms with E-state index in [0.29, 0.717) is 5.88 Å². The maximum absolute atomic E-state index is 5.71. The Bertz CT molecular complexity index is 429. The summed E-state index contributed by atoms with van der Waals surface area (Å²) in [5.41, 5.74) is 2.94. The zero-order chi connectivity index (χ0) is 10.5. The van der Waals surface area contributed by atoms with Crippen molar-refractivity contribution in [2.24, 2.45) is 0 Å². The Morgan fingerprint density at radius 3 is 2.60 bits per heavy atom. The number of hydrogen-bond acceptors (Lipinski definition) is 2. The van der Waals surface area contributed by atoms with Gasteiger partial charge in [-0.25, -0.2) is 0 Å². The highest BCUT2D eigenvalue weighted by molar-refractivity contribution is 6.16. The van der Waals surface area contributed by atoms with Crippen molar-refractivity contribution < 1.29 is 0 Å². The summed E-state index contributed by atoms with van der Waals surface area (Å²) in [6.45, 7) is 0. The minimum absolute atomic E-state index is 0.435. The molecule has 3 heteroatoms. The molecule has 0 unspecified atom stereocenters. The maximum atomic E-state index is 5.71. The Morgan fingerprint density at radius 2 is 1.87 bits per heavy atom. The number of alkyl halides is 1. The highest BCUT2D eigenvalue weighted by Crippen LogP contribution is 2.16. The minimum atomic E-state index is 0.435. The first-order chi connectivity index (χ1) is 7.38. The van der Waals surface area contributed by atoms with E-state index in [2.05, 4.69) is 10.3 Å². The second-order valence-corrected chi connectivity index (χ2v) is 3.43. The van der Waals surface area contributed by atoms with E-state index in [0.717, 1.165) is 17.1 Å². The van der Waals surface area contributed by atoms with E-state index in [4.69, 9.17) is 11.6 Å². The van der Waals surface area contributed by atoms with E-state index in [1.165, 1.54) is 0 Å². The highest BCUT2D eigenvalue weighted by Gasteiger charge is 1.96.